The maximum absolute atomic E-state index is 13.4. The van der Waals surface area contributed by atoms with E-state index in [-0.39, 0.29) is 24.3 Å². The molecule has 0 saturated carbocycles. The molecule has 5 rings (SSSR count). The lowest BCUT2D eigenvalue weighted by Crippen LogP contribution is -2.46. The lowest BCUT2D eigenvalue weighted by Gasteiger charge is -2.37. The van der Waals surface area contributed by atoms with Crippen molar-refractivity contribution in [3.05, 3.63) is 83.6 Å². The summed E-state index contributed by atoms with van der Waals surface area (Å²) in [5, 5.41) is 17.1. The van der Waals surface area contributed by atoms with Crippen molar-refractivity contribution in [3.8, 4) is 0 Å². The molecule has 2 unspecified atom stereocenters. The number of amides is 1. The zero-order valence-corrected chi connectivity index (χ0v) is 18.6. The maximum Gasteiger partial charge on any atom is 0.323 e. The van der Waals surface area contributed by atoms with Gasteiger partial charge in [-0.3, -0.25) is 9.59 Å². The number of hydrazone groups is 1. The topological polar surface area (TPSA) is 74.9 Å². The van der Waals surface area contributed by atoms with Crippen LogP contribution in [0.25, 0.3) is 10.9 Å². The van der Waals surface area contributed by atoms with Crippen molar-refractivity contribution >= 4 is 28.5 Å². The lowest BCUT2D eigenvalue weighted by atomic mass is 9.76. The second-order valence-electron chi connectivity index (χ2n) is 8.80. The molecule has 1 N–H and O–H groups in total. The Kier molecular flexibility index (Phi) is 5.58. The predicted octanol–water partition coefficient (Wildman–Crippen LogP) is 4.41. The Bertz CT molecular complexity index is 1270. The van der Waals surface area contributed by atoms with Crippen LogP contribution in [0.4, 0.5) is 0 Å². The molecule has 1 aliphatic carbocycles. The van der Waals surface area contributed by atoms with Crippen LogP contribution in [0.5, 0.6) is 0 Å². The molecule has 2 aromatic carbocycles. The summed E-state index contributed by atoms with van der Waals surface area (Å²) in [5.74, 6) is -0.942. The fourth-order valence-corrected chi connectivity index (χ4v) is 5.20. The van der Waals surface area contributed by atoms with E-state index in [0.29, 0.717) is 13.0 Å². The number of hydrogen-bond donors (Lipinski definition) is 1. The lowest BCUT2D eigenvalue weighted by molar-refractivity contribution is -0.138. The summed E-state index contributed by atoms with van der Waals surface area (Å²) < 4.78 is 1.84. The Hall–Kier alpha value is -3.67. The highest BCUT2D eigenvalue weighted by Crippen LogP contribution is 2.38. The number of hydrogen-bond acceptors (Lipinski definition) is 3. The molecule has 2 heterocycles. The van der Waals surface area contributed by atoms with Gasteiger partial charge in [-0.15, -0.1) is 0 Å². The summed E-state index contributed by atoms with van der Waals surface area (Å²) in [6, 6.07) is 18.0. The number of aliphatic carboxylic acids is 1. The number of carbonyl (C=O) groups is 2. The summed E-state index contributed by atoms with van der Waals surface area (Å²) in [6.07, 6.45) is 6.43. The summed E-state index contributed by atoms with van der Waals surface area (Å²) in [7, 11) is 0. The fraction of sp³-hybridized carbons (Fsp3) is 0.296. The Labute approximate surface area is 192 Å². The molecule has 1 aromatic heterocycles. The first-order valence-electron chi connectivity index (χ1n) is 11.4. The maximum atomic E-state index is 13.4. The molecule has 0 saturated heterocycles. The third-order valence-corrected chi connectivity index (χ3v) is 6.82. The van der Waals surface area contributed by atoms with E-state index in [1.54, 1.807) is 5.01 Å². The molecule has 1 aliphatic heterocycles. The van der Waals surface area contributed by atoms with E-state index in [1.165, 1.54) is 5.56 Å². The van der Waals surface area contributed by atoms with E-state index in [9.17, 15) is 14.7 Å². The smallest absolute Gasteiger partial charge is 0.323 e. The summed E-state index contributed by atoms with van der Waals surface area (Å²) in [6.45, 7) is 2.37. The molecule has 1 amide bonds. The number of fused-ring (bicyclic) bond motifs is 2. The van der Waals surface area contributed by atoms with Crippen LogP contribution in [0.1, 0.15) is 29.7 Å². The molecular formula is C27H27N3O3. The number of carboxylic acid groups (broad SMARTS) is 1. The third kappa shape index (κ3) is 3.86. The highest BCUT2D eigenvalue weighted by atomic mass is 16.4. The van der Waals surface area contributed by atoms with Crippen LogP contribution >= 0.6 is 0 Å². The van der Waals surface area contributed by atoms with Gasteiger partial charge in [0, 0.05) is 34.6 Å². The number of rotatable bonds is 6. The second kappa shape index (κ2) is 8.70. The highest BCUT2D eigenvalue weighted by Gasteiger charge is 2.41. The van der Waals surface area contributed by atoms with Gasteiger partial charge in [-0.25, -0.2) is 5.01 Å². The molecule has 0 fully saturated rings. The van der Waals surface area contributed by atoms with E-state index < -0.39 is 5.97 Å². The minimum Gasteiger partial charge on any atom is -0.480 e. The molecule has 0 spiro atoms. The predicted molar refractivity (Wildman–Crippen MR) is 128 cm³/mol. The number of allylic oxidation sites excluding steroid dienone is 2. The molecule has 0 bridgehead atoms. The van der Waals surface area contributed by atoms with E-state index in [2.05, 4.69) is 24.3 Å². The first kappa shape index (κ1) is 21.2. The van der Waals surface area contributed by atoms with Gasteiger partial charge in [0.1, 0.15) is 6.54 Å². The minimum absolute atomic E-state index is 0.00161. The number of aromatic nitrogens is 1. The monoisotopic (exact) mass is 441 g/mol. The number of carboxylic acids is 1. The van der Waals surface area contributed by atoms with Gasteiger partial charge in [-0.05, 0) is 37.8 Å². The first-order chi connectivity index (χ1) is 16.0. The molecule has 2 aliphatic rings. The van der Waals surface area contributed by atoms with Crippen LogP contribution in [-0.2, 0) is 22.6 Å². The number of para-hydroxylation sites is 1. The third-order valence-electron chi connectivity index (χ3n) is 6.82. The Balaban J connectivity index is 1.61. The van der Waals surface area contributed by atoms with Crippen LogP contribution in [0.3, 0.4) is 0 Å². The number of nitrogens with zero attached hydrogens (tertiary/aromatic N) is 3. The van der Waals surface area contributed by atoms with Gasteiger partial charge in [-0.2, -0.15) is 5.10 Å². The zero-order chi connectivity index (χ0) is 22.9. The van der Waals surface area contributed by atoms with Gasteiger partial charge < -0.3 is 9.67 Å². The minimum atomic E-state index is -0.880. The van der Waals surface area contributed by atoms with Gasteiger partial charge in [0.25, 0.3) is 0 Å². The van der Waals surface area contributed by atoms with Crippen molar-refractivity contribution in [2.45, 2.75) is 32.7 Å². The van der Waals surface area contributed by atoms with Crippen molar-refractivity contribution < 1.29 is 14.7 Å². The first-order valence-corrected chi connectivity index (χ1v) is 11.4. The van der Waals surface area contributed by atoms with Crippen molar-refractivity contribution in [2.24, 2.45) is 16.9 Å². The molecule has 3 aromatic rings. The van der Waals surface area contributed by atoms with Crippen molar-refractivity contribution in [2.75, 3.05) is 6.54 Å². The van der Waals surface area contributed by atoms with Crippen LogP contribution in [0, 0.1) is 18.8 Å². The van der Waals surface area contributed by atoms with Gasteiger partial charge in [-0.1, -0.05) is 60.7 Å². The number of benzene rings is 2. The van der Waals surface area contributed by atoms with Crippen molar-refractivity contribution in [3.63, 3.8) is 0 Å². The summed E-state index contributed by atoms with van der Waals surface area (Å²) in [5.41, 5.74) is 4.79. The van der Waals surface area contributed by atoms with Gasteiger partial charge >= 0.3 is 5.97 Å². The van der Waals surface area contributed by atoms with Crippen LogP contribution in [0.15, 0.2) is 71.9 Å². The molecule has 6 heteroatoms. The van der Waals surface area contributed by atoms with Crippen LogP contribution in [0.2, 0.25) is 0 Å². The van der Waals surface area contributed by atoms with E-state index in [1.807, 2.05) is 54.0 Å². The van der Waals surface area contributed by atoms with Gasteiger partial charge in [0.05, 0.1) is 11.6 Å². The standard InChI is InChI=1S/C27H27N3O3/c1-18-25(22-13-7-8-14-23(22)29(18)17-24(31)32)26-20-11-5-6-12-21(20)27(33)30(28-26)16-15-19-9-3-2-4-10-19/h2-10,13-14,20-21H,11-12,15-17H2,1H3,(H,31,32). The Morgan fingerprint density at radius 3 is 2.48 bits per heavy atom. The van der Waals surface area contributed by atoms with Crippen molar-refractivity contribution in [1.29, 1.82) is 0 Å². The summed E-state index contributed by atoms with van der Waals surface area (Å²) >= 11 is 0. The normalized spacial score (nSPS) is 20.1. The number of carbonyl (C=O) groups excluding carboxylic acids is 1. The van der Waals surface area contributed by atoms with E-state index >= 15 is 0 Å². The average molecular weight is 442 g/mol. The Morgan fingerprint density at radius 2 is 1.73 bits per heavy atom. The van der Waals surface area contributed by atoms with Crippen LogP contribution < -0.4 is 0 Å². The van der Waals surface area contributed by atoms with Gasteiger partial charge in [0.15, 0.2) is 0 Å². The van der Waals surface area contributed by atoms with Gasteiger partial charge in [0.2, 0.25) is 5.91 Å². The summed E-state index contributed by atoms with van der Waals surface area (Å²) in [4.78, 5) is 24.9. The fourth-order valence-electron chi connectivity index (χ4n) is 5.20. The molecule has 168 valence electrons. The van der Waals surface area contributed by atoms with Crippen molar-refractivity contribution in [1.82, 2.24) is 9.58 Å². The molecule has 33 heavy (non-hydrogen) atoms. The van der Waals surface area contributed by atoms with E-state index in [4.69, 9.17) is 5.10 Å². The molecule has 2 atom stereocenters. The highest BCUT2D eigenvalue weighted by molar-refractivity contribution is 6.15. The molecule has 0 radical (unpaired) electrons. The molecular weight excluding hydrogens is 414 g/mol. The second-order valence-corrected chi connectivity index (χ2v) is 8.80. The SMILES string of the molecule is Cc1c(C2=NN(CCc3ccccc3)C(=O)C3CC=CCC23)c2ccccc2n1CC(=O)O. The average Bonchev–Trinajstić information content (AvgIpc) is 3.10. The zero-order valence-electron chi connectivity index (χ0n) is 18.6. The quantitative estimate of drug-likeness (QED) is 0.576. The van der Waals surface area contributed by atoms with Crippen LogP contribution in [-0.4, -0.2) is 38.8 Å². The Morgan fingerprint density at radius 1 is 1.03 bits per heavy atom. The van der Waals surface area contributed by atoms with E-state index in [0.717, 1.165) is 40.7 Å². The molecule has 6 nitrogen and oxygen atoms in total. The largest absolute Gasteiger partial charge is 0.480 e.